The Kier molecular flexibility index (Phi) is 4.26. The second kappa shape index (κ2) is 5.71. The molecule has 0 radical (unpaired) electrons. The Morgan fingerprint density at radius 3 is 2.71 bits per heavy atom. The second-order valence-electron chi connectivity index (χ2n) is 4.42. The van der Waals surface area contributed by atoms with Crippen molar-refractivity contribution in [3.05, 3.63) is 28.3 Å². The maximum atomic E-state index is 6.11. The van der Waals surface area contributed by atoms with Gasteiger partial charge in [0.05, 0.1) is 7.11 Å². The fourth-order valence-corrected chi connectivity index (χ4v) is 2.43. The topological polar surface area (TPSA) is 24.5 Å². The standard InChI is InChI=1S/C13H19ClN2O/c1-10-11(7-12(14)8-13(10)17-2)9-16-5-3-15-4-6-16/h7-8,15H,3-6,9H2,1-2H3. The molecule has 0 bridgehead atoms. The first-order valence-electron chi connectivity index (χ1n) is 5.97. The Hall–Kier alpha value is -0.770. The number of benzene rings is 1. The summed E-state index contributed by atoms with van der Waals surface area (Å²) in [6.45, 7) is 7.35. The molecule has 0 aliphatic carbocycles. The highest BCUT2D eigenvalue weighted by Crippen LogP contribution is 2.27. The van der Waals surface area contributed by atoms with Gasteiger partial charge in [0.25, 0.3) is 0 Å². The summed E-state index contributed by atoms with van der Waals surface area (Å²) in [6, 6.07) is 3.92. The van der Waals surface area contributed by atoms with Gasteiger partial charge in [-0.1, -0.05) is 11.6 Å². The van der Waals surface area contributed by atoms with E-state index < -0.39 is 0 Å². The third-order valence-electron chi connectivity index (χ3n) is 3.26. The van der Waals surface area contributed by atoms with E-state index in [-0.39, 0.29) is 0 Å². The van der Waals surface area contributed by atoms with Crippen molar-refractivity contribution in [2.45, 2.75) is 13.5 Å². The lowest BCUT2D eigenvalue weighted by Gasteiger charge is -2.28. The van der Waals surface area contributed by atoms with Crippen molar-refractivity contribution in [2.75, 3.05) is 33.3 Å². The monoisotopic (exact) mass is 254 g/mol. The molecule has 1 heterocycles. The van der Waals surface area contributed by atoms with Crippen LogP contribution in [0.1, 0.15) is 11.1 Å². The van der Waals surface area contributed by atoms with Gasteiger partial charge in [0.1, 0.15) is 5.75 Å². The molecule has 1 aromatic rings. The summed E-state index contributed by atoms with van der Waals surface area (Å²) in [5.41, 5.74) is 2.45. The van der Waals surface area contributed by atoms with Gasteiger partial charge in [0.2, 0.25) is 0 Å². The quantitative estimate of drug-likeness (QED) is 0.894. The molecule has 1 aliphatic rings. The number of piperazine rings is 1. The molecule has 1 aliphatic heterocycles. The third-order valence-corrected chi connectivity index (χ3v) is 3.47. The van der Waals surface area contributed by atoms with Crippen molar-refractivity contribution in [3.8, 4) is 5.75 Å². The predicted molar refractivity (Wildman–Crippen MR) is 70.9 cm³/mol. The number of hydrogen-bond donors (Lipinski definition) is 1. The van der Waals surface area contributed by atoms with Crippen molar-refractivity contribution >= 4 is 11.6 Å². The fourth-order valence-electron chi connectivity index (χ4n) is 2.19. The lowest BCUT2D eigenvalue weighted by molar-refractivity contribution is 0.232. The van der Waals surface area contributed by atoms with E-state index in [1.54, 1.807) is 7.11 Å². The Bertz CT molecular complexity index is 389. The molecular formula is C13H19ClN2O. The normalized spacial score (nSPS) is 17.1. The molecule has 1 saturated heterocycles. The molecule has 3 nitrogen and oxygen atoms in total. The van der Waals surface area contributed by atoms with Gasteiger partial charge in [-0.3, -0.25) is 4.90 Å². The summed E-state index contributed by atoms with van der Waals surface area (Å²) >= 11 is 6.11. The number of hydrogen-bond acceptors (Lipinski definition) is 3. The molecular weight excluding hydrogens is 236 g/mol. The molecule has 2 rings (SSSR count). The van der Waals surface area contributed by atoms with E-state index in [1.165, 1.54) is 11.1 Å². The van der Waals surface area contributed by atoms with E-state index in [2.05, 4.69) is 17.1 Å². The van der Waals surface area contributed by atoms with Crippen LogP contribution in [0.25, 0.3) is 0 Å². The Labute approximate surface area is 108 Å². The first-order chi connectivity index (χ1) is 8.20. The maximum absolute atomic E-state index is 6.11. The van der Waals surface area contributed by atoms with Crippen LogP contribution in [0.2, 0.25) is 5.02 Å². The molecule has 0 spiro atoms. The van der Waals surface area contributed by atoms with Crippen LogP contribution in [0.4, 0.5) is 0 Å². The minimum atomic E-state index is 0.748. The number of nitrogens with one attached hydrogen (secondary N) is 1. The molecule has 1 fully saturated rings. The van der Waals surface area contributed by atoms with Gasteiger partial charge < -0.3 is 10.1 Å². The van der Waals surface area contributed by atoms with Crippen molar-refractivity contribution in [3.63, 3.8) is 0 Å². The minimum Gasteiger partial charge on any atom is -0.496 e. The zero-order valence-electron chi connectivity index (χ0n) is 10.4. The largest absolute Gasteiger partial charge is 0.496 e. The van der Waals surface area contributed by atoms with Gasteiger partial charge in [-0.25, -0.2) is 0 Å². The van der Waals surface area contributed by atoms with E-state index in [1.807, 2.05) is 12.1 Å². The highest BCUT2D eigenvalue weighted by atomic mass is 35.5. The summed E-state index contributed by atoms with van der Waals surface area (Å²) in [4.78, 5) is 2.44. The minimum absolute atomic E-state index is 0.748. The van der Waals surface area contributed by atoms with Crippen molar-refractivity contribution < 1.29 is 4.74 Å². The van der Waals surface area contributed by atoms with E-state index in [9.17, 15) is 0 Å². The van der Waals surface area contributed by atoms with Crippen LogP contribution >= 0.6 is 11.6 Å². The molecule has 94 valence electrons. The second-order valence-corrected chi connectivity index (χ2v) is 4.85. The Balaban J connectivity index is 2.16. The van der Waals surface area contributed by atoms with Crippen LogP contribution in [0.3, 0.4) is 0 Å². The fraction of sp³-hybridized carbons (Fsp3) is 0.538. The maximum Gasteiger partial charge on any atom is 0.123 e. The molecule has 1 aromatic carbocycles. The van der Waals surface area contributed by atoms with E-state index in [0.717, 1.165) is 43.5 Å². The molecule has 0 unspecified atom stereocenters. The van der Waals surface area contributed by atoms with Crippen molar-refractivity contribution in [2.24, 2.45) is 0 Å². The number of methoxy groups -OCH3 is 1. The molecule has 0 saturated carbocycles. The van der Waals surface area contributed by atoms with Crippen molar-refractivity contribution in [1.29, 1.82) is 0 Å². The third kappa shape index (κ3) is 3.12. The van der Waals surface area contributed by atoms with Crippen LogP contribution in [0.15, 0.2) is 12.1 Å². The summed E-state index contributed by atoms with van der Waals surface area (Å²) < 4.78 is 5.34. The van der Waals surface area contributed by atoms with Gasteiger partial charge in [0, 0.05) is 37.7 Å². The van der Waals surface area contributed by atoms with Gasteiger partial charge in [-0.2, -0.15) is 0 Å². The van der Waals surface area contributed by atoms with Crippen LogP contribution in [0, 0.1) is 6.92 Å². The summed E-state index contributed by atoms with van der Waals surface area (Å²) in [5, 5.41) is 4.10. The number of ether oxygens (including phenoxy) is 1. The zero-order valence-corrected chi connectivity index (χ0v) is 11.2. The molecule has 0 aromatic heterocycles. The van der Waals surface area contributed by atoms with Crippen LogP contribution in [-0.2, 0) is 6.54 Å². The Morgan fingerprint density at radius 2 is 2.06 bits per heavy atom. The van der Waals surface area contributed by atoms with E-state index >= 15 is 0 Å². The SMILES string of the molecule is COc1cc(Cl)cc(CN2CCNCC2)c1C. The lowest BCUT2D eigenvalue weighted by Crippen LogP contribution is -2.43. The molecule has 1 N–H and O–H groups in total. The average molecular weight is 255 g/mol. The average Bonchev–Trinajstić information content (AvgIpc) is 2.34. The van der Waals surface area contributed by atoms with Gasteiger partial charge >= 0.3 is 0 Å². The van der Waals surface area contributed by atoms with E-state index in [4.69, 9.17) is 16.3 Å². The molecule has 17 heavy (non-hydrogen) atoms. The molecule has 0 atom stereocenters. The van der Waals surface area contributed by atoms with Gasteiger partial charge in [-0.15, -0.1) is 0 Å². The van der Waals surface area contributed by atoms with Crippen molar-refractivity contribution in [1.82, 2.24) is 10.2 Å². The summed E-state index contributed by atoms with van der Waals surface area (Å²) in [7, 11) is 1.69. The summed E-state index contributed by atoms with van der Waals surface area (Å²) in [5.74, 6) is 0.877. The highest BCUT2D eigenvalue weighted by molar-refractivity contribution is 6.30. The predicted octanol–water partition coefficient (Wildman–Crippen LogP) is 2.06. The zero-order chi connectivity index (χ0) is 12.3. The van der Waals surface area contributed by atoms with Crippen LogP contribution in [-0.4, -0.2) is 38.2 Å². The highest BCUT2D eigenvalue weighted by Gasteiger charge is 2.13. The first-order valence-corrected chi connectivity index (χ1v) is 6.34. The first kappa shape index (κ1) is 12.7. The Morgan fingerprint density at radius 1 is 1.35 bits per heavy atom. The molecule has 4 heteroatoms. The van der Waals surface area contributed by atoms with E-state index in [0.29, 0.717) is 0 Å². The van der Waals surface area contributed by atoms with Gasteiger partial charge in [-0.05, 0) is 30.2 Å². The van der Waals surface area contributed by atoms with Crippen LogP contribution in [0.5, 0.6) is 5.75 Å². The number of rotatable bonds is 3. The summed E-state index contributed by atoms with van der Waals surface area (Å²) in [6.07, 6.45) is 0. The van der Waals surface area contributed by atoms with Crippen LogP contribution < -0.4 is 10.1 Å². The number of nitrogens with zero attached hydrogens (tertiary/aromatic N) is 1. The lowest BCUT2D eigenvalue weighted by atomic mass is 10.1. The molecule has 0 amide bonds. The smallest absolute Gasteiger partial charge is 0.123 e. The van der Waals surface area contributed by atoms with Gasteiger partial charge in [0.15, 0.2) is 0 Å². The number of halogens is 1.